The number of Topliss-reactive ketones (excluding diaryl/α,β-unsaturated/α-hetero) is 1. The molecule has 0 spiro atoms. The number of rotatable bonds is 5. The summed E-state index contributed by atoms with van der Waals surface area (Å²) in [5.41, 5.74) is 0.257. The zero-order valence-corrected chi connectivity index (χ0v) is 18.6. The highest BCUT2D eigenvalue weighted by Crippen LogP contribution is 2.38. The Balaban J connectivity index is 2.26. The van der Waals surface area contributed by atoms with Gasteiger partial charge in [0, 0.05) is 19.7 Å². The molecule has 2 rings (SSSR count). The molecule has 0 unspecified atom stereocenters. The summed E-state index contributed by atoms with van der Waals surface area (Å²) < 4.78 is 17.6. The Morgan fingerprint density at radius 1 is 1.17 bits per heavy atom. The van der Waals surface area contributed by atoms with Gasteiger partial charge in [0.25, 0.3) is 0 Å². The van der Waals surface area contributed by atoms with Crippen LogP contribution in [0, 0.1) is 0 Å². The number of ether oxygens (including phenoxy) is 1. The van der Waals surface area contributed by atoms with E-state index in [9.17, 15) is 9.59 Å². The molecule has 0 atom stereocenters. The average Bonchev–Trinajstić information content (AvgIpc) is 2.78. The second-order valence-corrected chi connectivity index (χ2v) is 9.20. The summed E-state index contributed by atoms with van der Waals surface area (Å²) in [6.07, 6.45) is 2.93. The van der Waals surface area contributed by atoms with Crippen molar-refractivity contribution in [2.24, 2.45) is 0 Å². The largest absolute Gasteiger partial charge is 0.492 e. The first kappa shape index (κ1) is 23.1. The summed E-state index contributed by atoms with van der Waals surface area (Å²) in [5.74, 6) is -0.0988. The quantitative estimate of drug-likeness (QED) is 0.595. The lowest BCUT2D eigenvalue weighted by Gasteiger charge is -2.32. The Morgan fingerprint density at radius 3 is 2.21 bits per heavy atom. The normalized spacial score (nSPS) is 18.5. The van der Waals surface area contributed by atoms with Gasteiger partial charge in [0.05, 0.1) is 11.2 Å². The van der Waals surface area contributed by atoms with Crippen LogP contribution >= 0.6 is 0 Å². The van der Waals surface area contributed by atoms with Crippen LogP contribution in [0.15, 0.2) is 23.8 Å². The summed E-state index contributed by atoms with van der Waals surface area (Å²) in [5, 5.41) is 2.76. The molecular formula is C21H31BN2O5. The molecule has 0 aliphatic carbocycles. The van der Waals surface area contributed by atoms with Crippen molar-refractivity contribution in [3.63, 3.8) is 0 Å². The highest BCUT2D eigenvalue weighted by Gasteiger charge is 2.52. The number of pyridine rings is 1. The minimum atomic E-state index is -0.637. The number of carbonyl (C=O) groups is 2. The van der Waals surface area contributed by atoms with Crippen LogP contribution in [0.5, 0.6) is 0 Å². The number of aromatic nitrogens is 1. The molecule has 1 aliphatic rings. The molecule has 1 aromatic rings. The zero-order valence-electron chi connectivity index (χ0n) is 18.6. The van der Waals surface area contributed by atoms with Crippen molar-refractivity contribution in [2.45, 2.75) is 72.2 Å². The van der Waals surface area contributed by atoms with Gasteiger partial charge in [-0.2, -0.15) is 0 Å². The molecule has 0 aromatic carbocycles. The molecule has 0 radical (unpaired) electrons. The second-order valence-electron chi connectivity index (χ2n) is 9.20. The van der Waals surface area contributed by atoms with Gasteiger partial charge in [-0.05, 0) is 65.6 Å². The van der Waals surface area contributed by atoms with Gasteiger partial charge in [0.1, 0.15) is 11.3 Å². The van der Waals surface area contributed by atoms with Crippen LogP contribution in [0.4, 0.5) is 4.79 Å². The van der Waals surface area contributed by atoms with Gasteiger partial charge in [-0.25, -0.2) is 4.79 Å². The number of hydrogen-bond acceptors (Lipinski definition) is 6. The van der Waals surface area contributed by atoms with Gasteiger partial charge in [0.15, 0.2) is 5.78 Å². The average molecular weight is 402 g/mol. The van der Waals surface area contributed by atoms with Gasteiger partial charge in [-0.1, -0.05) is 12.1 Å². The molecule has 29 heavy (non-hydrogen) atoms. The van der Waals surface area contributed by atoms with Crippen LogP contribution in [0.3, 0.4) is 0 Å². The Kier molecular flexibility index (Phi) is 6.60. The molecule has 1 amide bonds. The van der Waals surface area contributed by atoms with Gasteiger partial charge >= 0.3 is 13.2 Å². The molecule has 7 nitrogen and oxygen atoms in total. The summed E-state index contributed by atoms with van der Waals surface area (Å²) in [7, 11) is -0.637. The summed E-state index contributed by atoms with van der Waals surface area (Å²) in [6, 6.07) is 3.46. The number of alkyl carbamates (subject to hydrolysis) is 1. The van der Waals surface area contributed by atoms with Crippen molar-refractivity contribution in [1.29, 1.82) is 0 Å². The number of amides is 1. The van der Waals surface area contributed by atoms with Crippen molar-refractivity contribution < 1.29 is 23.6 Å². The zero-order chi connectivity index (χ0) is 22.0. The van der Waals surface area contributed by atoms with E-state index in [0.717, 1.165) is 5.56 Å². The lowest BCUT2D eigenvalue weighted by molar-refractivity contribution is 0.00578. The fraction of sp³-hybridized carbons (Fsp3) is 0.571. The van der Waals surface area contributed by atoms with Crippen LogP contribution in [-0.4, -0.2) is 47.3 Å². The lowest BCUT2D eigenvalue weighted by Crippen LogP contribution is -2.41. The summed E-state index contributed by atoms with van der Waals surface area (Å²) >= 11 is 0. The van der Waals surface area contributed by atoms with Gasteiger partial charge in [-0.15, -0.1) is 0 Å². The Labute approximate surface area is 173 Å². The number of nitrogens with one attached hydrogen (secondary N) is 1. The van der Waals surface area contributed by atoms with E-state index in [-0.39, 0.29) is 12.3 Å². The molecule has 158 valence electrons. The van der Waals surface area contributed by atoms with Crippen LogP contribution in [0.25, 0.3) is 6.08 Å². The van der Waals surface area contributed by atoms with Gasteiger partial charge in [0.2, 0.25) is 0 Å². The maximum absolute atomic E-state index is 12.1. The first-order valence-electron chi connectivity index (χ1n) is 9.70. The standard InChI is InChI=1S/C21H31BN2O5/c1-14(25)17-10-9-15(12-23-17)11-16(13-24-18(26)27-19(2,3)4)22-28-20(5,6)21(7,8)29-22/h9-12H,13H2,1-8H3,(H,24,26). The third-order valence-electron chi connectivity index (χ3n) is 4.89. The van der Waals surface area contributed by atoms with Crippen molar-refractivity contribution in [3.8, 4) is 0 Å². The third kappa shape index (κ3) is 6.14. The minimum Gasteiger partial charge on any atom is -0.444 e. The predicted molar refractivity (Wildman–Crippen MR) is 113 cm³/mol. The third-order valence-corrected chi connectivity index (χ3v) is 4.89. The van der Waals surface area contributed by atoms with E-state index < -0.39 is 30.0 Å². The molecule has 1 aromatic heterocycles. The van der Waals surface area contributed by atoms with Crippen molar-refractivity contribution in [3.05, 3.63) is 35.1 Å². The van der Waals surface area contributed by atoms with Crippen LogP contribution in [0.1, 0.15) is 71.4 Å². The minimum absolute atomic E-state index is 0.0988. The molecule has 1 N–H and O–H groups in total. The van der Waals surface area contributed by atoms with Gasteiger partial charge in [-0.3, -0.25) is 9.78 Å². The Morgan fingerprint density at radius 2 is 1.76 bits per heavy atom. The smallest absolute Gasteiger partial charge is 0.444 e. The molecule has 0 bridgehead atoms. The molecule has 1 saturated heterocycles. The molecular weight excluding hydrogens is 371 g/mol. The van der Waals surface area contributed by atoms with Crippen LogP contribution in [0.2, 0.25) is 0 Å². The van der Waals surface area contributed by atoms with Crippen LogP contribution in [-0.2, 0) is 14.0 Å². The number of nitrogens with zero attached hydrogens (tertiary/aromatic N) is 1. The maximum Gasteiger partial charge on any atom is 0.492 e. The highest BCUT2D eigenvalue weighted by atomic mass is 16.7. The number of ketones is 1. The molecule has 2 heterocycles. The van der Waals surface area contributed by atoms with E-state index in [1.165, 1.54) is 6.92 Å². The van der Waals surface area contributed by atoms with Crippen molar-refractivity contribution in [1.82, 2.24) is 10.3 Å². The van der Waals surface area contributed by atoms with Crippen molar-refractivity contribution in [2.75, 3.05) is 6.54 Å². The van der Waals surface area contributed by atoms with Crippen molar-refractivity contribution >= 4 is 25.1 Å². The van der Waals surface area contributed by atoms with E-state index in [1.54, 1.807) is 39.1 Å². The van der Waals surface area contributed by atoms with E-state index in [4.69, 9.17) is 14.0 Å². The van der Waals surface area contributed by atoms with Crippen LogP contribution < -0.4 is 5.32 Å². The molecule has 1 fully saturated rings. The first-order valence-corrected chi connectivity index (χ1v) is 9.70. The maximum atomic E-state index is 12.1. The summed E-state index contributed by atoms with van der Waals surface area (Å²) in [6.45, 7) is 14.9. The Bertz CT molecular complexity index is 778. The lowest BCUT2D eigenvalue weighted by atomic mass is 9.77. The molecule has 1 aliphatic heterocycles. The fourth-order valence-corrected chi connectivity index (χ4v) is 2.60. The van der Waals surface area contributed by atoms with E-state index in [2.05, 4.69) is 10.3 Å². The highest BCUT2D eigenvalue weighted by molar-refractivity contribution is 6.56. The molecule has 8 heteroatoms. The predicted octanol–water partition coefficient (Wildman–Crippen LogP) is 3.82. The number of carbonyl (C=O) groups excluding carboxylic acids is 2. The van der Waals surface area contributed by atoms with E-state index in [1.807, 2.05) is 33.8 Å². The fourth-order valence-electron chi connectivity index (χ4n) is 2.60. The topological polar surface area (TPSA) is 86.8 Å². The SMILES string of the molecule is CC(=O)c1ccc(C=C(CNC(=O)OC(C)(C)C)B2OC(C)(C)C(C)(C)O2)cn1. The Hall–Kier alpha value is -2.19. The summed E-state index contributed by atoms with van der Waals surface area (Å²) in [4.78, 5) is 27.7. The van der Waals surface area contributed by atoms with Gasteiger partial charge < -0.3 is 19.4 Å². The van der Waals surface area contributed by atoms with E-state index >= 15 is 0 Å². The first-order chi connectivity index (χ1) is 13.2. The number of hydrogen-bond donors (Lipinski definition) is 1. The molecule has 0 saturated carbocycles. The van der Waals surface area contributed by atoms with E-state index in [0.29, 0.717) is 11.2 Å². The monoisotopic (exact) mass is 402 g/mol. The second kappa shape index (κ2) is 8.28.